The Hall–Kier alpha value is -0.200. The van der Waals surface area contributed by atoms with E-state index in [2.05, 4.69) is 24.3 Å². The summed E-state index contributed by atoms with van der Waals surface area (Å²) < 4.78 is 4.62. The summed E-state index contributed by atoms with van der Waals surface area (Å²) in [6.45, 7) is 0.0553. The van der Waals surface area contributed by atoms with E-state index >= 15 is 0 Å². The van der Waals surface area contributed by atoms with Crippen LogP contribution >= 0.6 is 0 Å². The lowest BCUT2D eigenvalue weighted by Gasteiger charge is -2.00. The molecule has 0 amide bonds. The highest BCUT2D eigenvalue weighted by Crippen LogP contribution is 1.79. The van der Waals surface area contributed by atoms with Crippen LogP contribution in [-0.2, 0) is 24.3 Å². The van der Waals surface area contributed by atoms with Crippen molar-refractivity contribution in [2.75, 3.05) is 27.8 Å². The van der Waals surface area contributed by atoms with Crippen LogP contribution in [0.2, 0.25) is 0 Å². The van der Waals surface area contributed by atoms with Gasteiger partial charge >= 0.3 is 0 Å². The minimum atomic E-state index is 0.0276. The summed E-state index contributed by atoms with van der Waals surface area (Å²) in [5.74, 6) is 0. The standard InChI is InChI=1S/C4H10O5/c1-5-8-3-7-4-9-6-2/h3-4H2,1-2H3. The van der Waals surface area contributed by atoms with Crippen LogP contribution in [0.4, 0.5) is 0 Å². The molecule has 9 heavy (non-hydrogen) atoms. The van der Waals surface area contributed by atoms with Gasteiger partial charge < -0.3 is 4.74 Å². The molecule has 0 N–H and O–H groups in total. The Kier molecular flexibility index (Phi) is 7.63. The van der Waals surface area contributed by atoms with E-state index in [1.54, 1.807) is 0 Å². The second kappa shape index (κ2) is 7.80. The van der Waals surface area contributed by atoms with E-state index < -0.39 is 0 Å². The minimum absolute atomic E-state index is 0.0276. The van der Waals surface area contributed by atoms with Crippen molar-refractivity contribution in [3.63, 3.8) is 0 Å². The summed E-state index contributed by atoms with van der Waals surface area (Å²) >= 11 is 0. The van der Waals surface area contributed by atoms with Gasteiger partial charge in [0.2, 0.25) is 0 Å². The molecule has 0 aliphatic heterocycles. The Labute approximate surface area is 53.3 Å². The van der Waals surface area contributed by atoms with Crippen molar-refractivity contribution >= 4 is 0 Å². The third-order valence-corrected chi connectivity index (χ3v) is 0.499. The summed E-state index contributed by atoms with van der Waals surface area (Å²) in [5, 5.41) is 0. The van der Waals surface area contributed by atoms with Gasteiger partial charge in [-0.15, -0.1) is 0 Å². The third-order valence-electron chi connectivity index (χ3n) is 0.499. The van der Waals surface area contributed by atoms with Crippen LogP contribution in [0.1, 0.15) is 0 Å². The van der Waals surface area contributed by atoms with Crippen LogP contribution in [0.25, 0.3) is 0 Å². The Morgan fingerprint density at radius 3 is 1.67 bits per heavy atom. The molecule has 0 aliphatic rings. The molecule has 0 bridgehead atoms. The molecule has 5 heteroatoms. The molecule has 0 rings (SSSR count). The predicted molar refractivity (Wildman–Crippen MR) is 27.0 cm³/mol. The minimum Gasteiger partial charge on any atom is -0.323 e. The first-order valence-electron chi connectivity index (χ1n) is 2.30. The second-order valence-corrected chi connectivity index (χ2v) is 1.01. The van der Waals surface area contributed by atoms with Gasteiger partial charge in [-0.1, -0.05) is 0 Å². The van der Waals surface area contributed by atoms with Crippen LogP contribution in [-0.4, -0.2) is 27.8 Å². The fraction of sp³-hybridized carbons (Fsp3) is 1.00. The van der Waals surface area contributed by atoms with E-state index in [-0.39, 0.29) is 13.6 Å². The first-order chi connectivity index (χ1) is 4.41. The molecule has 0 aromatic carbocycles. The quantitative estimate of drug-likeness (QED) is 0.225. The summed E-state index contributed by atoms with van der Waals surface area (Å²) in [6.07, 6.45) is 0. The largest absolute Gasteiger partial charge is 0.323 e. The Balaban J connectivity index is 2.60. The van der Waals surface area contributed by atoms with Gasteiger partial charge in [-0.05, 0) is 0 Å². The van der Waals surface area contributed by atoms with Gasteiger partial charge in [-0.2, -0.15) is 0 Å². The van der Waals surface area contributed by atoms with Crippen molar-refractivity contribution in [2.24, 2.45) is 0 Å². The zero-order chi connectivity index (χ0) is 6.95. The first-order valence-corrected chi connectivity index (χ1v) is 2.30. The van der Waals surface area contributed by atoms with Gasteiger partial charge in [-0.3, -0.25) is 0 Å². The molecule has 56 valence electrons. The Morgan fingerprint density at radius 1 is 0.889 bits per heavy atom. The maximum atomic E-state index is 4.62. The van der Waals surface area contributed by atoms with Crippen LogP contribution in [0.5, 0.6) is 0 Å². The average Bonchev–Trinajstić information content (AvgIpc) is 1.89. The molecule has 0 aliphatic carbocycles. The maximum Gasteiger partial charge on any atom is 0.183 e. The molecule has 0 fully saturated rings. The molecule has 0 spiro atoms. The summed E-state index contributed by atoms with van der Waals surface area (Å²) in [4.78, 5) is 17.0. The lowest BCUT2D eigenvalue weighted by Crippen LogP contribution is -2.03. The molecular weight excluding hydrogens is 128 g/mol. The fourth-order valence-electron chi connectivity index (χ4n) is 0.198. The van der Waals surface area contributed by atoms with Crippen molar-refractivity contribution in [1.82, 2.24) is 0 Å². The van der Waals surface area contributed by atoms with Gasteiger partial charge in [0, 0.05) is 0 Å². The Morgan fingerprint density at radius 2 is 1.33 bits per heavy atom. The van der Waals surface area contributed by atoms with Gasteiger partial charge in [0.1, 0.15) is 0 Å². The van der Waals surface area contributed by atoms with Crippen molar-refractivity contribution in [3.8, 4) is 0 Å². The first kappa shape index (κ1) is 8.80. The van der Waals surface area contributed by atoms with Crippen molar-refractivity contribution in [2.45, 2.75) is 0 Å². The Bertz CT molecular complexity index is 42.2. The molecule has 0 aromatic rings. The summed E-state index contributed by atoms with van der Waals surface area (Å²) in [5.41, 5.74) is 0. The monoisotopic (exact) mass is 138 g/mol. The lowest BCUT2D eigenvalue weighted by molar-refractivity contribution is -0.368. The van der Waals surface area contributed by atoms with E-state index in [1.165, 1.54) is 14.2 Å². The third kappa shape index (κ3) is 7.80. The molecule has 0 radical (unpaired) electrons. The molecule has 0 saturated carbocycles. The zero-order valence-electron chi connectivity index (χ0n) is 5.46. The van der Waals surface area contributed by atoms with Gasteiger partial charge in [0.15, 0.2) is 13.6 Å². The number of rotatable bonds is 6. The number of hydrogen-bond donors (Lipinski definition) is 0. The average molecular weight is 138 g/mol. The molecular formula is C4H10O5. The van der Waals surface area contributed by atoms with Crippen molar-refractivity contribution < 1.29 is 24.3 Å². The second-order valence-electron chi connectivity index (χ2n) is 1.01. The molecule has 0 aromatic heterocycles. The van der Waals surface area contributed by atoms with Crippen molar-refractivity contribution in [1.29, 1.82) is 0 Å². The van der Waals surface area contributed by atoms with Gasteiger partial charge in [-0.25, -0.2) is 19.6 Å². The smallest absolute Gasteiger partial charge is 0.183 e. The number of ether oxygens (including phenoxy) is 1. The van der Waals surface area contributed by atoms with Crippen LogP contribution in [0.3, 0.4) is 0 Å². The molecule has 0 atom stereocenters. The maximum absolute atomic E-state index is 4.62. The zero-order valence-corrected chi connectivity index (χ0v) is 5.46. The summed E-state index contributed by atoms with van der Waals surface area (Å²) in [6, 6.07) is 0. The van der Waals surface area contributed by atoms with E-state index in [4.69, 9.17) is 0 Å². The van der Waals surface area contributed by atoms with Crippen LogP contribution < -0.4 is 0 Å². The molecule has 0 heterocycles. The predicted octanol–water partition coefficient (Wildman–Crippen LogP) is 0.0740. The highest BCUT2D eigenvalue weighted by molar-refractivity contribution is 3.90. The highest BCUT2D eigenvalue weighted by Gasteiger charge is 1.84. The topological polar surface area (TPSA) is 46.2 Å². The van der Waals surface area contributed by atoms with Crippen LogP contribution in [0, 0.1) is 0 Å². The SMILES string of the molecule is COOCOCOOC. The molecule has 0 unspecified atom stereocenters. The van der Waals surface area contributed by atoms with Crippen LogP contribution in [0.15, 0.2) is 0 Å². The van der Waals surface area contributed by atoms with Gasteiger partial charge in [0.25, 0.3) is 0 Å². The highest BCUT2D eigenvalue weighted by atomic mass is 17.2. The molecule has 5 nitrogen and oxygen atoms in total. The van der Waals surface area contributed by atoms with Gasteiger partial charge in [0.05, 0.1) is 14.2 Å². The normalized spacial score (nSPS) is 10.0. The number of hydrogen-bond acceptors (Lipinski definition) is 5. The summed E-state index contributed by atoms with van der Waals surface area (Å²) in [7, 11) is 2.78. The molecule has 0 saturated heterocycles. The van der Waals surface area contributed by atoms with E-state index in [0.29, 0.717) is 0 Å². The van der Waals surface area contributed by atoms with E-state index in [1.807, 2.05) is 0 Å². The van der Waals surface area contributed by atoms with E-state index in [9.17, 15) is 0 Å². The van der Waals surface area contributed by atoms with E-state index in [0.717, 1.165) is 0 Å². The fourth-order valence-corrected chi connectivity index (χ4v) is 0.198. The van der Waals surface area contributed by atoms with Crippen molar-refractivity contribution in [3.05, 3.63) is 0 Å². The lowest BCUT2D eigenvalue weighted by atomic mass is 11.4.